The van der Waals surface area contributed by atoms with Gasteiger partial charge in [0.1, 0.15) is 0 Å². The Balaban J connectivity index is 0.00000200. The van der Waals surface area contributed by atoms with Gasteiger partial charge in [-0.05, 0) is 19.8 Å². The highest BCUT2D eigenvalue weighted by Crippen LogP contribution is 2.18. The molecule has 2 saturated heterocycles. The van der Waals surface area contributed by atoms with Crippen LogP contribution in [0.1, 0.15) is 26.2 Å². The van der Waals surface area contributed by atoms with E-state index in [0.717, 1.165) is 52.0 Å². The van der Waals surface area contributed by atoms with Crippen molar-refractivity contribution in [2.45, 2.75) is 32.2 Å². The van der Waals surface area contributed by atoms with Crippen molar-refractivity contribution < 1.29 is 8.42 Å². The molecule has 2 rings (SSSR count). The van der Waals surface area contributed by atoms with E-state index < -0.39 is 10.2 Å². The quantitative estimate of drug-likeness (QED) is 0.744. The summed E-state index contributed by atoms with van der Waals surface area (Å²) in [6.45, 7) is 7.95. The molecule has 1 atom stereocenters. The van der Waals surface area contributed by atoms with Crippen LogP contribution in [0.5, 0.6) is 0 Å². The highest BCUT2D eigenvalue weighted by molar-refractivity contribution is 7.87. The first-order valence-electron chi connectivity index (χ1n) is 7.29. The Morgan fingerprint density at radius 2 is 1.81 bits per heavy atom. The fourth-order valence-corrected chi connectivity index (χ4v) is 4.24. The van der Waals surface area contributed by atoms with Crippen molar-refractivity contribution in [2.24, 2.45) is 0 Å². The zero-order valence-electron chi connectivity index (χ0n) is 12.6. The van der Waals surface area contributed by atoms with Crippen LogP contribution in [-0.2, 0) is 10.2 Å². The smallest absolute Gasteiger partial charge is 0.279 e. The number of nitrogens with one attached hydrogen (secondary N) is 2. The third kappa shape index (κ3) is 6.56. The normalized spacial score (nSPS) is 24.9. The molecule has 21 heavy (non-hydrogen) atoms. The average molecular weight is 363 g/mol. The van der Waals surface area contributed by atoms with Gasteiger partial charge in [0, 0.05) is 51.9 Å². The van der Waals surface area contributed by atoms with E-state index in [4.69, 9.17) is 0 Å². The molecule has 0 saturated carbocycles. The van der Waals surface area contributed by atoms with Gasteiger partial charge in [-0.15, -0.1) is 24.8 Å². The highest BCUT2D eigenvalue weighted by atomic mass is 35.5. The van der Waals surface area contributed by atoms with E-state index in [1.54, 1.807) is 4.31 Å². The predicted molar refractivity (Wildman–Crippen MR) is 90.7 cm³/mol. The Bertz CT molecular complexity index is 377. The van der Waals surface area contributed by atoms with Crippen molar-refractivity contribution in [3.05, 3.63) is 0 Å². The molecule has 9 heteroatoms. The first-order valence-corrected chi connectivity index (χ1v) is 8.73. The summed E-state index contributed by atoms with van der Waals surface area (Å²) < 4.78 is 28.8. The SMILES string of the molecule is CC1CCCCN1S(=O)(=O)NCCN1CCNCC1.Cl.Cl. The summed E-state index contributed by atoms with van der Waals surface area (Å²) in [4.78, 5) is 2.29. The molecule has 0 spiro atoms. The largest absolute Gasteiger partial charge is 0.314 e. The minimum atomic E-state index is -3.29. The molecule has 0 aromatic rings. The molecular weight excluding hydrogens is 335 g/mol. The fraction of sp³-hybridized carbons (Fsp3) is 1.00. The number of piperidine rings is 1. The molecule has 0 aromatic carbocycles. The van der Waals surface area contributed by atoms with E-state index >= 15 is 0 Å². The van der Waals surface area contributed by atoms with Crippen molar-refractivity contribution in [2.75, 3.05) is 45.8 Å². The van der Waals surface area contributed by atoms with E-state index in [2.05, 4.69) is 14.9 Å². The van der Waals surface area contributed by atoms with Crippen molar-refractivity contribution in [1.82, 2.24) is 19.2 Å². The standard InChI is InChI=1S/C12H26N4O2S.2ClH/c1-12-4-2-3-8-16(12)19(17,18)14-7-11-15-9-5-13-6-10-15;;/h12-14H,2-11H2,1H3;2*1H. The van der Waals surface area contributed by atoms with Gasteiger partial charge in [-0.3, -0.25) is 4.90 Å². The van der Waals surface area contributed by atoms with Gasteiger partial charge < -0.3 is 5.32 Å². The van der Waals surface area contributed by atoms with E-state index in [1.807, 2.05) is 6.92 Å². The Labute approximate surface area is 141 Å². The maximum atomic E-state index is 12.2. The van der Waals surface area contributed by atoms with E-state index in [9.17, 15) is 8.42 Å². The lowest BCUT2D eigenvalue weighted by atomic mass is 10.1. The maximum absolute atomic E-state index is 12.2. The Kier molecular flexibility index (Phi) is 10.4. The summed E-state index contributed by atoms with van der Waals surface area (Å²) in [6, 6.07) is 0.130. The molecule has 2 aliphatic rings. The number of rotatable bonds is 5. The molecule has 128 valence electrons. The molecule has 0 aromatic heterocycles. The van der Waals surface area contributed by atoms with Crippen molar-refractivity contribution >= 4 is 35.0 Å². The van der Waals surface area contributed by atoms with E-state index in [-0.39, 0.29) is 30.9 Å². The van der Waals surface area contributed by atoms with Crippen LogP contribution in [0.15, 0.2) is 0 Å². The third-order valence-corrected chi connectivity index (χ3v) is 5.70. The fourth-order valence-electron chi connectivity index (χ4n) is 2.78. The first kappa shape index (κ1) is 21.4. The number of piperazine rings is 1. The molecular formula is C12H28Cl2N4O2S. The molecule has 2 heterocycles. The molecule has 1 unspecified atom stereocenters. The third-order valence-electron chi connectivity index (χ3n) is 3.97. The minimum Gasteiger partial charge on any atom is -0.314 e. The topological polar surface area (TPSA) is 64.7 Å². The van der Waals surface area contributed by atoms with Crippen LogP contribution >= 0.6 is 24.8 Å². The summed E-state index contributed by atoms with van der Waals surface area (Å²) >= 11 is 0. The van der Waals surface area contributed by atoms with Crippen LogP contribution in [0, 0.1) is 0 Å². The van der Waals surface area contributed by atoms with Crippen LogP contribution in [-0.4, -0.2) is 69.5 Å². The van der Waals surface area contributed by atoms with Crippen molar-refractivity contribution in [1.29, 1.82) is 0 Å². The number of nitrogens with zero attached hydrogens (tertiary/aromatic N) is 2. The molecule has 0 aliphatic carbocycles. The minimum absolute atomic E-state index is 0. The summed E-state index contributed by atoms with van der Waals surface area (Å²) in [7, 11) is -3.29. The van der Waals surface area contributed by atoms with Crippen molar-refractivity contribution in [3.8, 4) is 0 Å². The lowest BCUT2D eigenvalue weighted by molar-refractivity contribution is 0.241. The lowest BCUT2D eigenvalue weighted by Crippen LogP contribution is -2.50. The molecule has 6 nitrogen and oxygen atoms in total. The van der Waals surface area contributed by atoms with Crippen LogP contribution in [0.3, 0.4) is 0 Å². The molecule has 0 amide bonds. The van der Waals surface area contributed by atoms with Gasteiger partial charge >= 0.3 is 0 Å². The zero-order chi connectivity index (χ0) is 13.7. The van der Waals surface area contributed by atoms with Crippen LogP contribution < -0.4 is 10.0 Å². The van der Waals surface area contributed by atoms with Crippen LogP contribution in [0.2, 0.25) is 0 Å². The van der Waals surface area contributed by atoms with E-state index in [1.165, 1.54) is 0 Å². The second-order valence-electron chi connectivity index (χ2n) is 5.45. The molecule has 0 radical (unpaired) electrons. The number of halogens is 2. The molecule has 2 N–H and O–H groups in total. The van der Waals surface area contributed by atoms with Crippen LogP contribution in [0.4, 0.5) is 0 Å². The summed E-state index contributed by atoms with van der Waals surface area (Å²) in [5.74, 6) is 0. The molecule has 0 bridgehead atoms. The number of hydrogen-bond acceptors (Lipinski definition) is 4. The van der Waals surface area contributed by atoms with E-state index in [0.29, 0.717) is 13.1 Å². The Morgan fingerprint density at radius 3 is 2.43 bits per heavy atom. The van der Waals surface area contributed by atoms with Crippen LogP contribution in [0.25, 0.3) is 0 Å². The van der Waals surface area contributed by atoms with Crippen molar-refractivity contribution in [3.63, 3.8) is 0 Å². The number of hydrogen-bond donors (Lipinski definition) is 2. The van der Waals surface area contributed by atoms with Gasteiger partial charge in [0.2, 0.25) is 0 Å². The Morgan fingerprint density at radius 1 is 1.14 bits per heavy atom. The zero-order valence-corrected chi connectivity index (χ0v) is 15.0. The van der Waals surface area contributed by atoms with Gasteiger partial charge in [-0.25, -0.2) is 4.72 Å². The second-order valence-corrected chi connectivity index (χ2v) is 7.15. The summed E-state index contributed by atoms with van der Waals surface area (Å²) in [5, 5.41) is 3.29. The average Bonchev–Trinajstić information content (AvgIpc) is 2.40. The monoisotopic (exact) mass is 362 g/mol. The van der Waals surface area contributed by atoms with Gasteiger partial charge in [0.15, 0.2) is 0 Å². The predicted octanol–water partition coefficient (Wildman–Crippen LogP) is 0.444. The highest BCUT2D eigenvalue weighted by Gasteiger charge is 2.29. The molecule has 2 aliphatic heterocycles. The van der Waals surface area contributed by atoms with Gasteiger partial charge in [0.05, 0.1) is 0 Å². The first-order chi connectivity index (χ1) is 9.09. The van der Waals surface area contributed by atoms with Gasteiger partial charge in [0.25, 0.3) is 10.2 Å². The van der Waals surface area contributed by atoms with Gasteiger partial charge in [-0.1, -0.05) is 6.42 Å². The second kappa shape index (κ2) is 10.2. The summed E-state index contributed by atoms with van der Waals surface area (Å²) in [5.41, 5.74) is 0. The van der Waals surface area contributed by atoms with Gasteiger partial charge in [-0.2, -0.15) is 12.7 Å². The maximum Gasteiger partial charge on any atom is 0.279 e. The summed E-state index contributed by atoms with van der Waals surface area (Å²) in [6.07, 6.45) is 3.08. The molecule has 2 fully saturated rings. The lowest BCUT2D eigenvalue weighted by Gasteiger charge is -2.33. The Hall–Kier alpha value is 0.370.